The third-order valence-electron chi connectivity index (χ3n) is 3.16. The van der Waals surface area contributed by atoms with E-state index in [1.54, 1.807) is 0 Å². The second kappa shape index (κ2) is 5.64. The molecule has 2 N–H and O–H groups in total. The normalized spacial score (nSPS) is 16.2. The molecule has 0 unspecified atom stereocenters. The highest BCUT2D eigenvalue weighted by Gasteiger charge is 2.29. The molecule has 0 heterocycles. The van der Waals surface area contributed by atoms with Gasteiger partial charge < -0.3 is 15.3 Å². The van der Waals surface area contributed by atoms with Gasteiger partial charge in [0.05, 0.1) is 6.54 Å². The summed E-state index contributed by atoms with van der Waals surface area (Å²) in [6.45, 7) is 5.54. The van der Waals surface area contributed by atoms with Gasteiger partial charge in [-0.3, -0.25) is 4.79 Å². The van der Waals surface area contributed by atoms with E-state index in [-0.39, 0.29) is 17.9 Å². The van der Waals surface area contributed by atoms with Gasteiger partial charge in [-0.15, -0.1) is 0 Å². The van der Waals surface area contributed by atoms with Crippen LogP contribution in [0.3, 0.4) is 0 Å². The first kappa shape index (κ1) is 13.5. The smallest absolute Gasteiger partial charge is 0.236 e. The van der Waals surface area contributed by atoms with Gasteiger partial charge in [0.2, 0.25) is 5.91 Å². The second-order valence-corrected chi connectivity index (χ2v) is 5.48. The van der Waals surface area contributed by atoms with Crippen LogP contribution in [0.1, 0.15) is 33.1 Å². The molecule has 0 aromatic heterocycles. The zero-order valence-electron chi connectivity index (χ0n) is 10.6. The van der Waals surface area contributed by atoms with Gasteiger partial charge in [-0.2, -0.15) is 0 Å². The predicted molar refractivity (Wildman–Crippen MR) is 64.1 cm³/mol. The summed E-state index contributed by atoms with van der Waals surface area (Å²) in [7, 11) is 1.88. The molecule has 16 heavy (non-hydrogen) atoms. The van der Waals surface area contributed by atoms with Crippen molar-refractivity contribution in [2.75, 3.05) is 26.7 Å². The van der Waals surface area contributed by atoms with E-state index < -0.39 is 0 Å². The molecular weight excluding hydrogens is 204 g/mol. The summed E-state index contributed by atoms with van der Waals surface area (Å²) in [4.78, 5) is 13.5. The number of hydrogen-bond acceptors (Lipinski definition) is 3. The van der Waals surface area contributed by atoms with Crippen LogP contribution >= 0.6 is 0 Å². The monoisotopic (exact) mass is 228 g/mol. The number of rotatable bonds is 7. The predicted octanol–water partition coefficient (Wildman–Crippen LogP) is 0.605. The SMILES string of the molecule is CN(C(=O)CNCC(C)(C)CCO)C1CC1. The Morgan fingerprint density at radius 2 is 2.12 bits per heavy atom. The third kappa shape index (κ3) is 4.49. The third-order valence-corrected chi connectivity index (χ3v) is 3.16. The number of aliphatic hydroxyl groups is 1. The molecule has 1 fully saturated rings. The van der Waals surface area contributed by atoms with E-state index in [1.165, 1.54) is 0 Å². The average molecular weight is 228 g/mol. The molecule has 1 aliphatic carbocycles. The van der Waals surface area contributed by atoms with Crippen molar-refractivity contribution in [3.05, 3.63) is 0 Å². The average Bonchev–Trinajstić information content (AvgIpc) is 2.99. The van der Waals surface area contributed by atoms with Crippen LogP contribution in [0, 0.1) is 5.41 Å². The van der Waals surface area contributed by atoms with Crippen LogP contribution in [-0.2, 0) is 4.79 Å². The number of hydrogen-bond donors (Lipinski definition) is 2. The van der Waals surface area contributed by atoms with Gasteiger partial charge in [-0.25, -0.2) is 0 Å². The summed E-state index contributed by atoms with van der Waals surface area (Å²) in [5.41, 5.74) is 0.0488. The number of carbonyl (C=O) groups is 1. The molecule has 1 saturated carbocycles. The maximum atomic E-state index is 11.7. The van der Waals surface area contributed by atoms with E-state index in [2.05, 4.69) is 19.2 Å². The maximum absolute atomic E-state index is 11.7. The van der Waals surface area contributed by atoms with Gasteiger partial charge in [0.1, 0.15) is 0 Å². The molecule has 94 valence electrons. The fourth-order valence-electron chi connectivity index (χ4n) is 1.69. The van der Waals surface area contributed by atoms with E-state index >= 15 is 0 Å². The largest absolute Gasteiger partial charge is 0.396 e. The fourth-order valence-corrected chi connectivity index (χ4v) is 1.69. The van der Waals surface area contributed by atoms with Crippen LogP contribution in [0.15, 0.2) is 0 Å². The molecule has 0 saturated heterocycles. The van der Waals surface area contributed by atoms with Gasteiger partial charge in [-0.05, 0) is 24.7 Å². The van der Waals surface area contributed by atoms with Crippen molar-refractivity contribution in [1.29, 1.82) is 0 Å². The molecule has 4 nitrogen and oxygen atoms in total. The molecule has 1 amide bonds. The molecular formula is C12H24N2O2. The van der Waals surface area contributed by atoms with Crippen molar-refractivity contribution in [1.82, 2.24) is 10.2 Å². The van der Waals surface area contributed by atoms with Gasteiger partial charge in [0.15, 0.2) is 0 Å². The van der Waals surface area contributed by atoms with E-state index in [0.29, 0.717) is 12.6 Å². The van der Waals surface area contributed by atoms with Crippen LogP contribution in [0.5, 0.6) is 0 Å². The first-order chi connectivity index (χ1) is 7.46. The van der Waals surface area contributed by atoms with E-state index in [1.807, 2.05) is 11.9 Å². The Hall–Kier alpha value is -0.610. The van der Waals surface area contributed by atoms with Crippen molar-refractivity contribution in [3.8, 4) is 0 Å². The van der Waals surface area contributed by atoms with Crippen molar-refractivity contribution < 1.29 is 9.90 Å². The first-order valence-electron chi connectivity index (χ1n) is 6.03. The van der Waals surface area contributed by atoms with Crippen molar-refractivity contribution in [3.63, 3.8) is 0 Å². The summed E-state index contributed by atoms with van der Waals surface area (Å²) in [6.07, 6.45) is 3.06. The Morgan fingerprint density at radius 1 is 1.50 bits per heavy atom. The minimum absolute atomic E-state index is 0.0488. The number of nitrogens with one attached hydrogen (secondary N) is 1. The lowest BCUT2D eigenvalue weighted by Gasteiger charge is -2.24. The Kier molecular flexibility index (Phi) is 4.74. The van der Waals surface area contributed by atoms with Crippen molar-refractivity contribution in [2.45, 2.75) is 39.2 Å². The summed E-state index contributed by atoms with van der Waals surface area (Å²) < 4.78 is 0. The summed E-state index contributed by atoms with van der Waals surface area (Å²) >= 11 is 0. The Balaban J connectivity index is 2.16. The lowest BCUT2D eigenvalue weighted by Crippen LogP contribution is -2.40. The van der Waals surface area contributed by atoms with Crippen LogP contribution in [0.4, 0.5) is 0 Å². The zero-order chi connectivity index (χ0) is 12.2. The standard InChI is InChI=1S/C12H24N2O2/c1-12(2,6-7-15)9-13-8-11(16)14(3)10-4-5-10/h10,13,15H,4-9H2,1-3H3. The van der Waals surface area contributed by atoms with Crippen molar-refractivity contribution in [2.24, 2.45) is 5.41 Å². The first-order valence-corrected chi connectivity index (χ1v) is 6.03. The highest BCUT2D eigenvalue weighted by atomic mass is 16.3. The molecule has 0 spiro atoms. The highest BCUT2D eigenvalue weighted by molar-refractivity contribution is 5.78. The van der Waals surface area contributed by atoms with E-state index in [9.17, 15) is 4.79 Å². The second-order valence-electron chi connectivity index (χ2n) is 5.48. The minimum Gasteiger partial charge on any atom is -0.396 e. The van der Waals surface area contributed by atoms with Crippen molar-refractivity contribution >= 4 is 5.91 Å². The Labute approximate surface area is 98.0 Å². The van der Waals surface area contributed by atoms with Crippen LogP contribution < -0.4 is 5.32 Å². The molecule has 1 rings (SSSR count). The molecule has 4 heteroatoms. The number of aliphatic hydroxyl groups excluding tert-OH is 1. The van der Waals surface area contributed by atoms with Gasteiger partial charge in [0, 0.05) is 26.2 Å². The Morgan fingerprint density at radius 3 is 2.62 bits per heavy atom. The summed E-state index contributed by atoms with van der Waals surface area (Å²) in [5.74, 6) is 0.169. The molecule has 0 aromatic rings. The number of nitrogens with zero attached hydrogens (tertiary/aromatic N) is 1. The molecule has 0 radical (unpaired) electrons. The number of likely N-dealkylation sites (N-methyl/N-ethyl adjacent to an activating group) is 1. The zero-order valence-corrected chi connectivity index (χ0v) is 10.6. The quantitative estimate of drug-likeness (QED) is 0.671. The van der Waals surface area contributed by atoms with Crippen LogP contribution in [0.2, 0.25) is 0 Å². The molecule has 1 aliphatic rings. The number of amides is 1. The minimum atomic E-state index is 0.0488. The molecule has 0 aliphatic heterocycles. The fraction of sp³-hybridized carbons (Fsp3) is 0.917. The van der Waals surface area contributed by atoms with Crippen LogP contribution in [0.25, 0.3) is 0 Å². The lowest BCUT2D eigenvalue weighted by atomic mass is 9.90. The molecule has 0 atom stereocenters. The molecule has 0 aromatic carbocycles. The lowest BCUT2D eigenvalue weighted by molar-refractivity contribution is -0.129. The summed E-state index contributed by atoms with van der Waals surface area (Å²) in [5, 5.41) is 12.0. The maximum Gasteiger partial charge on any atom is 0.236 e. The van der Waals surface area contributed by atoms with Gasteiger partial charge in [0.25, 0.3) is 0 Å². The van der Waals surface area contributed by atoms with Gasteiger partial charge in [-0.1, -0.05) is 13.8 Å². The van der Waals surface area contributed by atoms with Gasteiger partial charge >= 0.3 is 0 Å². The highest BCUT2D eigenvalue weighted by Crippen LogP contribution is 2.25. The molecule has 0 bridgehead atoms. The van der Waals surface area contributed by atoms with Crippen LogP contribution in [-0.4, -0.2) is 48.7 Å². The van der Waals surface area contributed by atoms with E-state index in [0.717, 1.165) is 25.8 Å². The summed E-state index contributed by atoms with van der Waals surface area (Å²) in [6, 6.07) is 0.486. The Bertz CT molecular complexity index is 237. The number of carbonyl (C=O) groups excluding carboxylic acids is 1. The topological polar surface area (TPSA) is 52.6 Å². The van der Waals surface area contributed by atoms with E-state index in [4.69, 9.17) is 5.11 Å².